The third-order valence-electron chi connectivity index (χ3n) is 1.43. The molecule has 0 spiro atoms. The van der Waals surface area contributed by atoms with E-state index < -0.39 is 47.0 Å². The fourth-order valence-corrected chi connectivity index (χ4v) is 0.593. The molecule has 0 atom stereocenters. The summed E-state index contributed by atoms with van der Waals surface area (Å²) in [5.41, 5.74) is 0. The predicted molar refractivity (Wildman–Crippen MR) is 41.6 cm³/mol. The molecule has 0 amide bonds. The average molecular weight is 298 g/mol. The van der Waals surface area contributed by atoms with Crippen LogP contribution in [0.2, 0.25) is 0 Å². The van der Waals surface area contributed by atoms with E-state index in [-0.39, 0.29) is 0 Å². The minimum absolute atomic E-state index is 1.87. The van der Waals surface area contributed by atoms with Gasteiger partial charge in [-0.15, -0.1) is 0 Å². The van der Waals surface area contributed by atoms with Crippen LogP contribution in [-0.2, 0) is 4.79 Å². The molecule has 3 nitrogen and oxygen atoms in total. The van der Waals surface area contributed by atoms with E-state index in [0.717, 1.165) is 0 Å². The molecule has 11 heteroatoms. The number of hydrogen-bond donors (Lipinski definition) is 2. The number of aromatic hydroxyl groups is 1. The van der Waals surface area contributed by atoms with Gasteiger partial charge in [0.2, 0.25) is 29.1 Å². The van der Waals surface area contributed by atoms with Crippen molar-refractivity contribution >= 4 is 5.97 Å². The number of carbonyl (C=O) groups is 1. The zero-order valence-electron chi connectivity index (χ0n) is 8.33. The van der Waals surface area contributed by atoms with Crippen LogP contribution >= 0.6 is 0 Å². The second-order valence-electron chi connectivity index (χ2n) is 2.72. The average Bonchev–Trinajstić information content (AvgIpc) is 2.31. The highest BCUT2D eigenvalue weighted by Crippen LogP contribution is 2.27. The lowest BCUT2D eigenvalue weighted by atomic mass is 10.3. The molecule has 0 bridgehead atoms. The molecule has 0 fully saturated rings. The Labute approximate surface area is 98.2 Å². The van der Waals surface area contributed by atoms with Gasteiger partial charge in [-0.2, -0.15) is 22.0 Å². The number of carboxylic acids is 1. The van der Waals surface area contributed by atoms with Gasteiger partial charge in [-0.25, -0.2) is 18.0 Å². The van der Waals surface area contributed by atoms with Crippen molar-refractivity contribution in [2.45, 2.75) is 6.18 Å². The first kappa shape index (κ1) is 16.9. The summed E-state index contributed by atoms with van der Waals surface area (Å²) in [5.74, 6) is -15.7. The van der Waals surface area contributed by atoms with Gasteiger partial charge in [0, 0.05) is 0 Å². The van der Waals surface area contributed by atoms with Gasteiger partial charge >= 0.3 is 12.1 Å². The lowest BCUT2D eigenvalue weighted by molar-refractivity contribution is -0.192. The van der Waals surface area contributed by atoms with E-state index in [1.807, 2.05) is 0 Å². The van der Waals surface area contributed by atoms with Crippen LogP contribution in [-0.4, -0.2) is 22.4 Å². The minimum Gasteiger partial charge on any atom is -0.503 e. The minimum atomic E-state index is -5.08. The number of benzene rings is 1. The van der Waals surface area contributed by atoms with Crippen LogP contribution < -0.4 is 0 Å². The molecule has 19 heavy (non-hydrogen) atoms. The molecule has 1 aromatic carbocycles. The summed E-state index contributed by atoms with van der Waals surface area (Å²) >= 11 is 0. The summed E-state index contributed by atoms with van der Waals surface area (Å²) in [6, 6.07) is 0. The quantitative estimate of drug-likeness (QED) is 0.440. The molecule has 108 valence electrons. The first-order valence-corrected chi connectivity index (χ1v) is 3.91. The molecule has 0 saturated heterocycles. The van der Waals surface area contributed by atoms with Crippen molar-refractivity contribution in [3.05, 3.63) is 29.1 Å². The first-order valence-electron chi connectivity index (χ1n) is 3.91. The smallest absolute Gasteiger partial charge is 0.490 e. The Morgan fingerprint density at radius 2 is 1.00 bits per heavy atom. The Kier molecular flexibility index (Phi) is 5.09. The number of hydrogen-bond acceptors (Lipinski definition) is 2. The molecule has 0 heterocycles. The van der Waals surface area contributed by atoms with Crippen LogP contribution in [0.5, 0.6) is 5.75 Å². The summed E-state index contributed by atoms with van der Waals surface area (Å²) in [6.45, 7) is 0. The summed E-state index contributed by atoms with van der Waals surface area (Å²) in [6.07, 6.45) is -5.08. The predicted octanol–water partition coefficient (Wildman–Crippen LogP) is 2.72. The van der Waals surface area contributed by atoms with Gasteiger partial charge < -0.3 is 10.2 Å². The largest absolute Gasteiger partial charge is 0.503 e. The van der Waals surface area contributed by atoms with Crippen molar-refractivity contribution in [2.24, 2.45) is 0 Å². The van der Waals surface area contributed by atoms with Crippen LogP contribution in [0.15, 0.2) is 0 Å². The molecule has 2 N–H and O–H groups in total. The first-order chi connectivity index (χ1) is 8.41. The lowest BCUT2D eigenvalue weighted by Gasteiger charge is -2.00. The summed E-state index contributed by atoms with van der Waals surface area (Å²) in [7, 11) is 0. The van der Waals surface area contributed by atoms with E-state index in [2.05, 4.69) is 0 Å². The number of phenols is 1. The highest BCUT2D eigenvalue weighted by Gasteiger charge is 2.38. The van der Waals surface area contributed by atoms with Gasteiger partial charge in [-0.05, 0) is 0 Å². The second-order valence-corrected chi connectivity index (χ2v) is 2.72. The second kappa shape index (κ2) is 5.71. The molecule has 0 aromatic heterocycles. The fourth-order valence-electron chi connectivity index (χ4n) is 0.593. The topological polar surface area (TPSA) is 57.5 Å². The Balaban J connectivity index is 0.000000399. The van der Waals surface area contributed by atoms with E-state index in [4.69, 9.17) is 15.0 Å². The molecule has 0 aliphatic heterocycles. The zero-order chi connectivity index (χ0) is 15.5. The number of aliphatic carboxylic acids is 1. The normalized spacial score (nSPS) is 10.7. The highest BCUT2D eigenvalue weighted by molar-refractivity contribution is 5.73. The van der Waals surface area contributed by atoms with Gasteiger partial charge in [-0.3, -0.25) is 0 Å². The van der Waals surface area contributed by atoms with Crippen molar-refractivity contribution < 1.29 is 50.1 Å². The Morgan fingerprint density at radius 1 is 0.789 bits per heavy atom. The monoisotopic (exact) mass is 298 g/mol. The molecule has 1 rings (SSSR count). The van der Waals surface area contributed by atoms with E-state index in [1.165, 1.54) is 0 Å². The Bertz CT molecular complexity index is 391. The number of halogens is 8. The van der Waals surface area contributed by atoms with Crippen LogP contribution in [0.3, 0.4) is 0 Å². The van der Waals surface area contributed by atoms with Crippen molar-refractivity contribution in [1.82, 2.24) is 0 Å². The van der Waals surface area contributed by atoms with Crippen LogP contribution in [0.1, 0.15) is 0 Å². The lowest BCUT2D eigenvalue weighted by Crippen LogP contribution is -2.21. The van der Waals surface area contributed by atoms with E-state index in [9.17, 15) is 35.1 Å². The summed E-state index contributed by atoms with van der Waals surface area (Å²) < 4.78 is 92.4. The van der Waals surface area contributed by atoms with Gasteiger partial charge in [0.25, 0.3) is 0 Å². The molecule has 0 aliphatic rings. The molecular formula is C8H2F8O3. The Morgan fingerprint density at radius 3 is 1.21 bits per heavy atom. The Hall–Kier alpha value is -2.07. The standard InChI is InChI=1S/C6HF5O.C2HF3O2/c7-1-2(8)4(10)6(12)5(11)3(1)9;3-2(4,5)1(6)7/h12H;(H,6,7). The van der Waals surface area contributed by atoms with Gasteiger partial charge in [-0.1, -0.05) is 0 Å². The van der Waals surface area contributed by atoms with E-state index in [0.29, 0.717) is 0 Å². The van der Waals surface area contributed by atoms with Crippen molar-refractivity contribution in [1.29, 1.82) is 0 Å². The van der Waals surface area contributed by atoms with Crippen LogP contribution in [0, 0.1) is 29.1 Å². The van der Waals surface area contributed by atoms with E-state index >= 15 is 0 Å². The molecule has 0 saturated carbocycles. The molecule has 0 aliphatic carbocycles. The van der Waals surface area contributed by atoms with Gasteiger partial charge in [0.1, 0.15) is 0 Å². The molecule has 1 aromatic rings. The molecule has 0 unspecified atom stereocenters. The third-order valence-corrected chi connectivity index (χ3v) is 1.43. The maximum atomic E-state index is 12.2. The van der Waals surface area contributed by atoms with Crippen LogP contribution in [0.25, 0.3) is 0 Å². The van der Waals surface area contributed by atoms with Crippen molar-refractivity contribution in [2.75, 3.05) is 0 Å². The molecular weight excluding hydrogens is 296 g/mol. The van der Waals surface area contributed by atoms with Gasteiger partial charge in [0.15, 0.2) is 5.75 Å². The van der Waals surface area contributed by atoms with Crippen molar-refractivity contribution in [3.63, 3.8) is 0 Å². The number of phenolic OH excluding ortho intramolecular Hbond substituents is 1. The van der Waals surface area contributed by atoms with Gasteiger partial charge in [0.05, 0.1) is 0 Å². The number of carboxylic acid groups (broad SMARTS) is 1. The highest BCUT2D eigenvalue weighted by atomic mass is 19.4. The number of rotatable bonds is 0. The summed E-state index contributed by atoms with van der Waals surface area (Å²) in [5, 5.41) is 15.4. The van der Waals surface area contributed by atoms with E-state index in [1.54, 1.807) is 0 Å². The maximum absolute atomic E-state index is 12.2. The third kappa shape index (κ3) is 3.96. The van der Waals surface area contributed by atoms with Crippen molar-refractivity contribution in [3.8, 4) is 5.75 Å². The number of alkyl halides is 3. The zero-order valence-corrected chi connectivity index (χ0v) is 8.33. The maximum Gasteiger partial charge on any atom is 0.490 e. The van der Waals surface area contributed by atoms with Crippen LogP contribution in [0.4, 0.5) is 35.1 Å². The fraction of sp³-hybridized carbons (Fsp3) is 0.125. The molecule has 0 radical (unpaired) electrons. The SMILES string of the molecule is O=C(O)C(F)(F)F.Oc1c(F)c(F)c(F)c(F)c1F. The summed E-state index contributed by atoms with van der Waals surface area (Å²) in [4.78, 5) is 8.90.